The molecule has 8 nitrogen and oxygen atoms in total. The van der Waals surface area contributed by atoms with Crippen molar-refractivity contribution in [2.24, 2.45) is 5.92 Å². The predicted octanol–water partition coefficient (Wildman–Crippen LogP) is 3.66. The van der Waals surface area contributed by atoms with Crippen LogP contribution >= 0.6 is 15.9 Å². The number of ether oxygens (including phenoxy) is 2. The summed E-state index contributed by atoms with van der Waals surface area (Å²) in [5.41, 5.74) is 2.29. The Kier molecular flexibility index (Phi) is 4.90. The maximum absolute atomic E-state index is 13.0. The van der Waals surface area contributed by atoms with Gasteiger partial charge in [0.25, 0.3) is 0 Å². The minimum absolute atomic E-state index is 0.101. The van der Waals surface area contributed by atoms with Crippen LogP contribution in [0.25, 0.3) is 5.69 Å². The van der Waals surface area contributed by atoms with Crippen molar-refractivity contribution in [3.05, 3.63) is 58.7 Å². The third-order valence-corrected chi connectivity index (χ3v) is 5.79. The van der Waals surface area contributed by atoms with Crippen LogP contribution in [0.15, 0.2) is 53.0 Å². The molecule has 2 aliphatic heterocycles. The van der Waals surface area contributed by atoms with Gasteiger partial charge in [-0.2, -0.15) is 5.10 Å². The van der Waals surface area contributed by atoms with E-state index in [-0.39, 0.29) is 25.0 Å². The van der Waals surface area contributed by atoms with E-state index in [1.807, 2.05) is 37.3 Å². The highest BCUT2D eigenvalue weighted by Gasteiger charge is 2.36. The Labute approximate surface area is 186 Å². The zero-order chi connectivity index (χ0) is 21.5. The number of nitrogens with zero attached hydrogens (tertiary/aromatic N) is 3. The molecule has 0 bridgehead atoms. The fourth-order valence-electron chi connectivity index (χ4n) is 3.81. The van der Waals surface area contributed by atoms with Crippen LogP contribution in [0.1, 0.15) is 12.1 Å². The number of rotatable bonds is 4. The van der Waals surface area contributed by atoms with Gasteiger partial charge in [0, 0.05) is 35.3 Å². The van der Waals surface area contributed by atoms with E-state index in [0.717, 1.165) is 15.9 Å². The molecule has 0 radical (unpaired) electrons. The molecule has 0 spiro atoms. The molecule has 1 unspecified atom stereocenters. The fraction of sp³-hybridized carbons (Fsp3) is 0.227. The second kappa shape index (κ2) is 7.73. The first-order valence-corrected chi connectivity index (χ1v) is 10.6. The molecule has 0 saturated carbocycles. The molecular weight excluding hydrogens is 464 g/mol. The van der Waals surface area contributed by atoms with Crippen molar-refractivity contribution in [3.63, 3.8) is 0 Å². The molecule has 2 aromatic carbocycles. The number of aryl methyl sites for hydroxylation is 1. The molecule has 2 amide bonds. The van der Waals surface area contributed by atoms with Crippen molar-refractivity contribution in [1.82, 2.24) is 9.78 Å². The van der Waals surface area contributed by atoms with Gasteiger partial charge in [-0.3, -0.25) is 9.59 Å². The van der Waals surface area contributed by atoms with Crippen LogP contribution in [0, 0.1) is 12.8 Å². The normalized spacial score (nSPS) is 17.3. The summed E-state index contributed by atoms with van der Waals surface area (Å²) in [4.78, 5) is 27.2. The summed E-state index contributed by atoms with van der Waals surface area (Å²) in [6.45, 7) is 2.34. The quantitative estimate of drug-likeness (QED) is 0.613. The Hall–Kier alpha value is -3.33. The van der Waals surface area contributed by atoms with E-state index in [2.05, 4.69) is 26.3 Å². The van der Waals surface area contributed by atoms with E-state index >= 15 is 0 Å². The average molecular weight is 483 g/mol. The zero-order valence-electron chi connectivity index (χ0n) is 16.7. The number of hydrogen-bond donors (Lipinski definition) is 1. The number of anilines is 2. The van der Waals surface area contributed by atoms with E-state index in [4.69, 9.17) is 9.47 Å². The lowest BCUT2D eigenvalue weighted by Crippen LogP contribution is -2.28. The molecular formula is C22H19BrN4O4. The van der Waals surface area contributed by atoms with Crippen LogP contribution in [-0.4, -0.2) is 34.9 Å². The number of nitrogens with one attached hydrogen (secondary N) is 1. The summed E-state index contributed by atoms with van der Waals surface area (Å²) < 4.78 is 13.3. The zero-order valence-corrected chi connectivity index (χ0v) is 18.3. The Morgan fingerprint density at radius 1 is 1.13 bits per heavy atom. The Bertz CT molecular complexity index is 1190. The minimum atomic E-state index is -0.468. The third kappa shape index (κ3) is 3.76. The molecule has 31 heavy (non-hydrogen) atoms. The summed E-state index contributed by atoms with van der Waals surface area (Å²) in [7, 11) is 0. The minimum Gasteiger partial charge on any atom is -0.454 e. The van der Waals surface area contributed by atoms with Crippen molar-refractivity contribution in [2.75, 3.05) is 23.6 Å². The molecule has 2 aliphatic rings. The number of fused-ring (bicyclic) bond motifs is 1. The van der Waals surface area contributed by atoms with Crippen LogP contribution in [0.2, 0.25) is 0 Å². The van der Waals surface area contributed by atoms with E-state index in [1.165, 1.54) is 0 Å². The van der Waals surface area contributed by atoms with E-state index in [1.54, 1.807) is 27.8 Å². The molecule has 1 fully saturated rings. The van der Waals surface area contributed by atoms with Gasteiger partial charge in [0.15, 0.2) is 11.5 Å². The summed E-state index contributed by atoms with van der Waals surface area (Å²) >= 11 is 3.46. The molecule has 1 saturated heterocycles. The Morgan fingerprint density at radius 3 is 2.81 bits per heavy atom. The van der Waals surface area contributed by atoms with Crippen LogP contribution in [-0.2, 0) is 9.59 Å². The highest BCUT2D eigenvalue weighted by atomic mass is 79.9. The van der Waals surface area contributed by atoms with Crippen LogP contribution < -0.4 is 19.7 Å². The lowest BCUT2D eigenvalue weighted by molar-refractivity contribution is -0.122. The first kappa shape index (κ1) is 19.6. The van der Waals surface area contributed by atoms with Crippen molar-refractivity contribution in [1.29, 1.82) is 0 Å². The maximum Gasteiger partial charge on any atom is 0.231 e. The number of halogens is 1. The molecule has 158 valence electrons. The van der Waals surface area contributed by atoms with Gasteiger partial charge in [-0.15, -0.1) is 0 Å². The van der Waals surface area contributed by atoms with Crippen molar-refractivity contribution >= 4 is 39.2 Å². The fourth-order valence-corrected chi connectivity index (χ4v) is 4.19. The number of benzene rings is 2. The molecule has 1 N–H and O–H groups in total. The maximum atomic E-state index is 13.0. The standard InChI is InChI=1S/C22H19BrN4O4/c1-13-7-20(27(25-13)17-4-2-3-15(23)9-17)24-22(29)14-8-21(28)26(11-14)16-5-6-18-19(10-16)31-12-30-18/h2-7,9-10,14H,8,11-12H2,1H3,(H,24,29). The van der Waals surface area contributed by atoms with Gasteiger partial charge < -0.3 is 19.7 Å². The van der Waals surface area contributed by atoms with E-state index in [9.17, 15) is 9.59 Å². The SMILES string of the molecule is Cc1cc(NC(=O)C2CC(=O)N(c3ccc4c(c3)OCO4)C2)n(-c2cccc(Br)c2)n1. The Morgan fingerprint density at radius 2 is 1.97 bits per heavy atom. The lowest BCUT2D eigenvalue weighted by atomic mass is 10.1. The van der Waals surface area contributed by atoms with Crippen LogP contribution in [0.4, 0.5) is 11.5 Å². The highest BCUT2D eigenvalue weighted by molar-refractivity contribution is 9.10. The van der Waals surface area contributed by atoms with Gasteiger partial charge in [-0.05, 0) is 37.3 Å². The number of amides is 2. The van der Waals surface area contributed by atoms with Gasteiger partial charge in [0.05, 0.1) is 17.3 Å². The highest BCUT2D eigenvalue weighted by Crippen LogP contribution is 2.37. The number of carbonyl (C=O) groups excluding carboxylic acids is 2. The van der Waals surface area contributed by atoms with Gasteiger partial charge in [-0.1, -0.05) is 22.0 Å². The van der Waals surface area contributed by atoms with Crippen molar-refractivity contribution in [2.45, 2.75) is 13.3 Å². The second-order valence-corrected chi connectivity index (χ2v) is 8.41. The van der Waals surface area contributed by atoms with Gasteiger partial charge >= 0.3 is 0 Å². The second-order valence-electron chi connectivity index (χ2n) is 7.49. The van der Waals surface area contributed by atoms with E-state index < -0.39 is 5.92 Å². The number of hydrogen-bond acceptors (Lipinski definition) is 5. The molecule has 3 aromatic rings. The molecule has 1 atom stereocenters. The van der Waals surface area contributed by atoms with Crippen molar-refractivity contribution < 1.29 is 19.1 Å². The largest absolute Gasteiger partial charge is 0.454 e. The molecule has 0 aliphatic carbocycles. The topological polar surface area (TPSA) is 85.7 Å². The molecule has 5 rings (SSSR count). The number of carbonyl (C=O) groups is 2. The van der Waals surface area contributed by atoms with Crippen molar-refractivity contribution in [3.8, 4) is 17.2 Å². The first-order valence-electron chi connectivity index (χ1n) is 9.81. The summed E-state index contributed by atoms with van der Waals surface area (Å²) in [5, 5.41) is 7.44. The van der Waals surface area contributed by atoms with Crippen LogP contribution in [0.5, 0.6) is 11.5 Å². The third-order valence-electron chi connectivity index (χ3n) is 5.30. The average Bonchev–Trinajstić information content (AvgIpc) is 3.45. The first-order chi connectivity index (χ1) is 15.0. The summed E-state index contributed by atoms with van der Waals surface area (Å²) in [5.74, 6) is 1.04. The molecule has 9 heteroatoms. The monoisotopic (exact) mass is 482 g/mol. The van der Waals surface area contributed by atoms with E-state index in [0.29, 0.717) is 29.5 Å². The smallest absolute Gasteiger partial charge is 0.231 e. The van der Waals surface area contributed by atoms with Gasteiger partial charge in [-0.25, -0.2) is 4.68 Å². The number of aromatic nitrogens is 2. The molecule has 1 aromatic heterocycles. The van der Waals surface area contributed by atoms with Crippen LogP contribution in [0.3, 0.4) is 0 Å². The van der Waals surface area contributed by atoms with Gasteiger partial charge in [0.1, 0.15) is 5.82 Å². The Balaban J connectivity index is 1.34. The summed E-state index contributed by atoms with van der Waals surface area (Å²) in [6.07, 6.45) is 0.143. The predicted molar refractivity (Wildman–Crippen MR) is 118 cm³/mol. The molecule has 3 heterocycles. The van der Waals surface area contributed by atoms with Gasteiger partial charge in [0.2, 0.25) is 18.6 Å². The summed E-state index contributed by atoms with van der Waals surface area (Å²) in [6, 6.07) is 14.8. The lowest BCUT2D eigenvalue weighted by Gasteiger charge is -2.17.